The Kier molecular flexibility index (Phi) is 7.94. The quantitative estimate of drug-likeness (QED) is 0.422. The molecule has 2 aliphatic heterocycles. The fourth-order valence-electron chi connectivity index (χ4n) is 6.17. The highest BCUT2D eigenvalue weighted by atomic mass is 35.5. The van der Waals surface area contributed by atoms with E-state index in [4.69, 9.17) is 39.5 Å². The molecule has 1 N–H and O–H groups in total. The topological polar surface area (TPSA) is 91.1 Å². The highest BCUT2D eigenvalue weighted by molar-refractivity contribution is 6.35. The molecule has 42 heavy (non-hydrogen) atoms. The zero-order valence-electron chi connectivity index (χ0n) is 23.6. The predicted molar refractivity (Wildman–Crippen MR) is 164 cm³/mol. The lowest BCUT2D eigenvalue weighted by atomic mass is 10.1. The Hall–Kier alpha value is -3.49. The number of hydrogen-bond donors (Lipinski definition) is 1. The molecule has 10 nitrogen and oxygen atoms in total. The molecule has 2 saturated heterocycles. The SMILES string of the molecule is C#[N+]C12CN(Cc3cc(Oc4cnc(N5CCCN(C)CC5)nc4)nc(-c4cc(Cl)cc(Cl)c4)c3)CC1[C@@H]2NC(C)=O. The van der Waals surface area contributed by atoms with Gasteiger partial charge in [-0.05, 0) is 49.8 Å². The van der Waals surface area contributed by atoms with E-state index < -0.39 is 5.54 Å². The Morgan fingerprint density at radius 1 is 1.12 bits per heavy atom. The van der Waals surface area contributed by atoms with Gasteiger partial charge in [0.15, 0.2) is 5.75 Å². The van der Waals surface area contributed by atoms with Crippen LogP contribution >= 0.6 is 23.2 Å². The van der Waals surface area contributed by atoms with Gasteiger partial charge in [0.1, 0.15) is 6.04 Å². The van der Waals surface area contributed by atoms with E-state index >= 15 is 0 Å². The number of anilines is 1. The first-order valence-electron chi connectivity index (χ1n) is 14.0. The van der Waals surface area contributed by atoms with E-state index in [0.29, 0.717) is 46.4 Å². The number of piperidine rings is 1. The first-order valence-corrected chi connectivity index (χ1v) is 14.8. The number of nitrogens with zero attached hydrogens (tertiary/aromatic N) is 7. The van der Waals surface area contributed by atoms with Crippen LogP contribution in [0.5, 0.6) is 11.6 Å². The predicted octanol–water partition coefficient (Wildman–Crippen LogP) is 4.43. The first kappa shape index (κ1) is 28.6. The van der Waals surface area contributed by atoms with E-state index in [9.17, 15) is 4.79 Å². The maximum absolute atomic E-state index is 11.6. The normalized spacial score (nSPS) is 24.0. The number of nitrogens with one attached hydrogen (secondary N) is 1. The van der Waals surface area contributed by atoms with Crippen molar-refractivity contribution in [1.82, 2.24) is 30.1 Å². The Morgan fingerprint density at radius 3 is 2.57 bits per heavy atom. The van der Waals surface area contributed by atoms with E-state index in [-0.39, 0.29) is 17.9 Å². The third kappa shape index (κ3) is 6.01. The van der Waals surface area contributed by atoms with Crippen LogP contribution in [0.15, 0.2) is 42.7 Å². The van der Waals surface area contributed by atoms with Crippen molar-refractivity contribution in [2.75, 3.05) is 51.2 Å². The van der Waals surface area contributed by atoms with E-state index in [0.717, 1.165) is 50.3 Å². The number of carbonyl (C=O) groups excluding carboxylic acids is 1. The van der Waals surface area contributed by atoms with Gasteiger partial charge in [-0.2, -0.15) is 0 Å². The second kappa shape index (κ2) is 11.7. The minimum absolute atomic E-state index is 0.0186. The van der Waals surface area contributed by atoms with Gasteiger partial charge in [0.2, 0.25) is 17.7 Å². The number of likely N-dealkylation sites (N-methyl/N-ethyl adjacent to an activating group) is 1. The van der Waals surface area contributed by atoms with Crippen molar-refractivity contribution in [3.63, 3.8) is 0 Å². The number of rotatable bonds is 7. The second-order valence-electron chi connectivity index (χ2n) is 11.4. The summed E-state index contributed by atoms with van der Waals surface area (Å²) in [6, 6.07) is 9.24. The highest BCUT2D eigenvalue weighted by Crippen LogP contribution is 2.53. The summed E-state index contributed by atoms with van der Waals surface area (Å²) in [6.07, 6.45) is 4.44. The molecule has 1 aliphatic carbocycles. The molecule has 2 aromatic heterocycles. The number of hydrogen-bond acceptors (Lipinski definition) is 8. The van der Waals surface area contributed by atoms with E-state index in [1.807, 2.05) is 24.3 Å². The maximum Gasteiger partial charge on any atom is 0.319 e. The number of aromatic nitrogens is 3. The minimum Gasteiger partial charge on any atom is -0.436 e. The van der Waals surface area contributed by atoms with Crippen molar-refractivity contribution in [3.8, 4) is 29.5 Å². The van der Waals surface area contributed by atoms with Gasteiger partial charge in [0, 0.05) is 61.3 Å². The molecule has 3 aromatic rings. The fourth-order valence-corrected chi connectivity index (χ4v) is 6.69. The number of halogens is 2. The molecule has 218 valence electrons. The molecule has 0 radical (unpaired) electrons. The van der Waals surface area contributed by atoms with Crippen molar-refractivity contribution in [2.45, 2.75) is 31.5 Å². The Bertz CT molecular complexity index is 1510. The molecule has 3 aliphatic rings. The van der Waals surface area contributed by atoms with Crippen LogP contribution in [0.25, 0.3) is 16.1 Å². The number of ether oxygens (including phenoxy) is 1. The van der Waals surface area contributed by atoms with E-state index in [1.54, 1.807) is 18.5 Å². The number of pyridine rings is 1. The molecular formula is C30H33Cl2N8O2+. The van der Waals surface area contributed by atoms with Crippen LogP contribution in [0.1, 0.15) is 18.9 Å². The summed E-state index contributed by atoms with van der Waals surface area (Å²) in [5.41, 5.74) is 2.00. The minimum atomic E-state index is -0.441. The molecule has 4 heterocycles. The largest absolute Gasteiger partial charge is 0.436 e. The van der Waals surface area contributed by atoms with Crippen molar-refractivity contribution in [1.29, 1.82) is 0 Å². The van der Waals surface area contributed by atoms with Gasteiger partial charge < -0.3 is 19.9 Å². The Morgan fingerprint density at radius 2 is 1.88 bits per heavy atom. The van der Waals surface area contributed by atoms with E-state index in [1.165, 1.54) is 6.92 Å². The van der Waals surface area contributed by atoms with Gasteiger partial charge in [0.25, 0.3) is 6.57 Å². The fraction of sp³-hybridized carbons (Fsp3) is 0.433. The van der Waals surface area contributed by atoms with Crippen LogP contribution in [-0.4, -0.2) is 88.6 Å². The summed E-state index contributed by atoms with van der Waals surface area (Å²) < 4.78 is 6.19. The molecule has 1 aromatic carbocycles. The van der Waals surface area contributed by atoms with Crippen molar-refractivity contribution in [3.05, 3.63) is 63.2 Å². The van der Waals surface area contributed by atoms with Crippen LogP contribution in [0.2, 0.25) is 10.0 Å². The molecule has 0 spiro atoms. The number of fused-ring (bicyclic) bond motifs is 1. The molecular weight excluding hydrogens is 575 g/mol. The molecule has 3 fully saturated rings. The average Bonchev–Trinajstić information content (AvgIpc) is 3.43. The van der Waals surface area contributed by atoms with Gasteiger partial charge in [-0.3, -0.25) is 9.69 Å². The van der Waals surface area contributed by atoms with Crippen LogP contribution in [-0.2, 0) is 11.3 Å². The molecule has 12 heteroatoms. The van der Waals surface area contributed by atoms with Gasteiger partial charge in [0.05, 0.1) is 30.6 Å². The molecule has 3 atom stereocenters. The third-order valence-electron chi connectivity index (χ3n) is 8.27. The Labute approximate surface area is 255 Å². The summed E-state index contributed by atoms with van der Waals surface area (Å²) in [4.78, 5) is 36.5. The monoisotopic (exact) mass is 607 g/mol. The lowest BCUT2D eigenvalue weighted by molar-refractivity contribution is -0.119. The lowest BCUT2D eigenvalue weighted by Gasteiger charge is -2.20. The average molecular weight is 609 g/mol. The second-order valence-corrected chi connectivity index (χ2v) is 12.3. The highest BCUT2D eigenvalue weighted by Gasteiger charge is 2.80. The van der Waals surface area contributed by atoms with Crippen LogP contribution in [0, 0.1) is 12.5 Å². The van der Waals surface area contributed by atoms with Crippen LogP contribution in [0.3, 0.4) is 0 Å². The van der Waals surface area contributed by atoms with Crippen molar-refractivity contribution >= 4 is 35.1 Å². The number of amides is 1. The zero-order chi connectivity index (χ0) is 29.4. The zero-order valence-corrected chi connectivity index (χ0v) is 25.1. The van der Waals surface area contributed by atoms with Crippen molar-refractivity contribution < 1.29 is 9.53 Å². The van der Waals surface area contributed by atoms with Crippen LogP contribution < -0.4 is 15.0 Å². The number of likely N-dealkylation sites (tertiary alicyclic amines) is 1. The maximum atomic E-state index is 11.6. The molecule has 6 rings (SSSR count). The number of carbonyl (C=O) groups is 1. The van der Waals surface area contributed by atoms with Crippen LogP contribution in [0.4, 0.5) is 5.95 Å². The molecule has 1 amide bonds. The van der Waals surface area contributed by atoms with Gasteiger partial charge in [-0.25, -0.2) is 15.0 Å². The lowest BCUT2D eigenvalue weighted by Crippen LogP contribution is -2.37. The van der Waals surface area contributed by atoms with Gasteiger partial charge in [-0.1, -0.05) is 28.0 Å². The van der Waals surface area contributed by atoms with Crippen molar-refractivity contribution in [2.24, 2.45) is 5.92 Å². The Balaban J connectivity index is 1.23. The smallest absolute Gasteiger partial charge is 0.319 e. The summed E-state index contributed by atoms with van der Waals surface area (Å²) in [5, 5.41) is 4.03. The summed E-state index contributed by atoms with van der Waals surface area (Å²) in [6.45, 7) is 13.2. The third-order valence-corrected chi connectivity index (χ3v) is 8.71. The van der Waals surface area contributed by atoms with Gasteiger partial charge >= 0.3 is 5.54 Å². The van der Waals surface area contributed by atoms with Gasteiger partial charge in [-0.15, -0.1) is 0 Å². The number of benzene rings is 1. The summed E-state index contributed by atoms with van der Waals surface area (Å²) in [7, 11) is 2.13. The first-order chi connectivity index (χ1) is 20.2. The summed E-state index contributed by atoms with van der Waals surface area (Å²) in [5.74, 6) is 1.71. The molecule has 2 unspecified atom stereocenters. The standard InChI is InChI=1S/C30H32Cl2N8O2/c1-19(41)36-28-25-17-39(18-30(25,28)33-2)16-20-9-26(21-11-22(31)13-23(32)12-21)37-27(10-20)42-24-14-34-29(35-15-24)40-6-4-5-38(3)7-8-40/h2,9-15,25,28H,4-8,16-18H2,1,3H3/p+1/t25?,28-,30?/m0/s1. The molecule has 1 saturated carbocycles. The summed E-state index contributed by atoms with van der Waals surface area (Å²) >= 11 is 12.6. The van der Waals surface area contributed by atoms with E-state index in [2.05, 4.69) is 41.9 Å². The molecule has 0 bridgehead atoms.